The van der Waals surface area contributed by atoms with Crippen LogP contribution in [0.2, 0.25) is 0 Å². The van der Waals surface area contributed by atoms with Crippen LogP contribution in [-0.4, -0.2) is 11.1 Å². The van der Waals surface area contributed by atoms with E-state index in [1.165, 1.54) is 13.0 Å². The van der Waals surface area contributed by atoms with Gasteiger partial charge in [0.05, 0.1) is 5.56 Å². The van der Waals surface area contributed by atoms with Crippen molar-refractivity contribution in [3.05, 3.63) is 33.9 Å². The lowest BCUT2D eigenvalue weighted by atomic mass is 10.2. The Kier molecular flexibility index (Phi) is 1.76. The zero-order chi connectivity index (χ0) is 8.43. The van der Waals surface area contributed by atoms with Gasteiger partial charge < -0.3 is 9.52 Å². The lowest BCUT2D eigenvalue weighted by Crippen LogP contribution is -2.06. The summed E-state index contributed by atoms with van der Waals surface area (Å²) in [4.78, 5) is 20.9. The van der Waals surface area contributed by atoms with Crippen LogP contribution in [0.15, 0.2) is 21.5 Å². The molecule has 0 amide bonds. The van der Waals surface area contributed by atoms with Gasteiger partial charge in [0.15, 0.2) is 0 Å². The Morgan fingerprint density at radius 2 is 2.27 bits per heavy atom. The van der Waals surface area contributed by atoms with Crippen LogP contribution in [0.4, 0.5) is 0 Å². The van der Waals surface area contributed by atoms with Crippen LogP contribution in [0, 0.1) is 6.92 Å². The Labute approximate surface area is 62.1 Å². The summed E-state index contributed by atoms with van der Waals surface area (Å²) < 4.78 is 4.41. The smallest absolute Gasteiger partial charge is 0.338 e. The number of aromatic carboxylic acids is 1. The fourth-order valence-electron chi connectivity index (χ4n) is 0.648. The molecular weight excluding hydrogens is 148 g/mol. The second kappa shape index (κ2) is 2.57. The Bertz CT molecular complexity index is 337. The molecule has 0 saturated carbocycles. The van der Waals surface area contributed by atoms with Gasteiger partial charge in [-0.3, -0.25) is 0 Å². The standard InChI is InChI=1S/C7H6O4/c1-4-2-5(6(8)9)3-11-7(4)10/h2-3H,1H3,(H,8,9). The van der Waals surface area contributed by atoms with E-state index >= 15 is 0 Å². The molecule has 0 unspecified atom stereocenters. The third kappa shape index (κ3) is 1.46. The highest BCUT2D eigenvalue weighted by Crippen LogP contribution is 1.98. The molecule has 0 atom stereocenters. The number of hydrogen-bond donors (Lipinski definition) is 1. The van der Waals surface area contributed by atoms with Crippen molar-refractivity contribution in [2.45, 2.75) is 6.92 Å². The maximum absolute atomic E-state index is 10.6. The second-order valence-corrected chi connectivity index (χ2v) is 2.11. The maximum atomic E-state index is 10.6. The first-order valence-electron chi connectivity index (χ1n) is 2.94. The molecular formula is C7H6O4. The molecule has 0 bridgehead atoms. The van der Waals surface area contributed by atoms with Crippen molar-refractivity contribution >= 4 is 5.97 Å². The molecule has 0 radical (unpaired) electrons. The van der Waals surface area contributed by atoms with Crippen LogP contribution >= 0.6 is 0 Å². The minimum absolute atomic E-state index is 0.0119. The minimum Gasteiger partial charge on any atom is -0.478 e. The number of rotatable bonds is 1. The molecule has 1 aromatic heterocycles. The summed E-state index contributed by atoms with van der Waals surface area (Å²) >= 11 is 0. The molecule has 0 aliphatic carbocycles. The topological polar surface area (TPSA) is 67.5 Å². The average Bonchev–Trinajstić information content (AvgIpc) is 1.94. The lowest BCUT2D eigenvalue weighted by Gasteiger charge is -1.92. The molecule has 58 valence electrons. The Morgan fingerprint density at radius 1 is 1.64 bits per heavy atom. The van der Waals surface area contributed by atoms with E-state index in [2.05, 4.69) is 4.42 Å². The fourth-order valence-corrected chi connectivity index (χ4v) is 0.648. The Hall–Kier alpha value is -1.58. The van der Waals surface area contributed by atoms with Crippen molar-refractivity contribution in [1.82, 2.24) is 0 Å². The first kappa shape index (κ1) is 7.53. The molecule has 1 aromatic rings. The van der Waals surface area contributed by atoms with E-state index in [0.29, 0.717) is 5.56 Å². The molecule has 0 aromatic carbocycles. The van der Waals surface area contributed by atoms with Crippen LogP contribution in [0.25, 0.3) is 0 Å². The predicted molar refractivity (Wildman–Crippen MR) is 36.7 cm³/mol. The van der Waals surface area contributed by atoms with Crippen LogP contribution in [0.3, 0.4) is 0 Å². The van der Waals surface area contributed by atoms with E-state index in [4.69, 9.17) is 5.11 Å². The van der Waals surface area contributed by atoms with Gasteiger partial charge in [0.25, 0.3) is 0 Å². The zero-order valence-corrected chi connectivity index (χ0v) is 5.83. The molecule has 4 nitrogen and oxygen atoms in total. The van der Waals surface area contributed by atoms with Crippen LogP contribution < -0.4 is 5.63 Å². The lowest BCUT2D eigenvalue weighted by molar-refractivity contribution is 0.0694. The predicted octanol–water partition coefficient (Wildman–Crippen LogP) is 0.646. The SMILES string of the molecule is Cc1cc(C(=O)O)coc1=O. The average molecular weight is 154 g/mol. The first-order chi connectivity index (χ1) is 5.11. The van der Waals surface area contributed by atoms with E-state index in [1.54, 1.807) is 0 Å². The summed E-state index contributed by atoms with van der Waals surface area (Å²) in [7, 11) is 0. The van der Waals surface area contributed by atoms with Crippen LogP contribution in [0.1, 0.15) is 15.9 Å². The summed E-state index contributed by atoms with van der Waals surface area (Å²) in [6.07, 6.45) is 0.928. The Balaban J connectivity index is 3.26. The molecule has 1 N–H and O–H groups in total. The normalized spacial score (nSPS) is 9.55. The quantitative estimate of drug-likeness (QED) is 0.644. The van der Waals surface area contributed by atoms with Crippen molar-refractivity contribution < 1.29 is 14.3 Å². The van der Waals surface area contributed by atoms with E-state index in [0.717, 1.165) is 6.26 Å². The summed E-state index contributed by atoms with van der Waals surface area (Å²) in [6, 6.07) is 1.27. The molecule has 0 spiro atoms. The largest absolute Gasteiger partial charge is 0.478 e. The molecule has 0 fully saturated rings. The molecule has 4 heteroatoms. The van der Waals surface area contributed by atoms with Gasteiger partial charge >= 0.3 is 11.6 Å². The van der Waals surface area contributed by atoms with Gasteiger partial charge in [0, 0.05) is 5.56 Å². The van der Waals surface area contributed by atoms with Crippen molar-refractivity contribution in [2.75, 3.05) is 0 Å². The van der Waals surface area contributed by atoms with Crippen LogP contribution in [0.5, 0.6) is 0 Å². The van der Waals surface area contributed by atoms with Gasteiger partial charge in [0.2, 0.25) is 0 Å². The number of hydrogen-bond acceptors (Lipinski definition) is 3. The summed E-state index contributed by atoms with van der Waals surface area (Å²) in [5.41, 5.74) is -0.220. The maximum Gasteiger partial charge on any atom is 0.338 e. The molecule has 0 aliphatic heterocycles. The third-order valence-electron chi connectivity index (χ3n) is 1.23. The van der Waals surface area contributed by atoms with Gasteiger partial charge in [-0.15, -0.1) is 0 Å². The third-order valence-corrected chi connectivity index (χ3v) is 1.23. The van der Waals surface area contributed by atoms with E-state index < -0.39 is 11.6 Å². The van der Waals surface area contributed by atoms with E-state index in [-0.39, 0.29) is 5.56 Å². The highest BCUT2D eigenvalue weighted by atomic mass is 16.4. The summed E-state index contributed by atoms with van der Waals surface area (Å²) in [5.74, 6) is -1.10. The van der Waals surface area contributed by atoms with E-state index in [1.807, 2.05) is 0 Å². The molecule has 0 saturated heterocycles. The van der Waals surface area contributed by atoms with Crippen molar-refractivity contribution in [1.29, 1.82) is 0 Å². The molecule has 0 aliphatic rings. The second-order valence-electron chi connectivity index (χ2n) is 2.11. The van der Waals surface area contributed by atoms with Gasteiger partial charge in [-0.1, -0.05) is 0 Å². The zero-order valence-electron chi connectivity index (χ0n) is 5.83. The highest BCUT2D eigenvalue weighted by Gasteiger charge is 2.04. The monoisotopic (exact) mass is 154 g/mol. The van der Waals surface area contributed by atoms with E-state index in [9.17, 15) is 9.59 Å². The number of carboxylic acids is 1. The highest BCUT2D eigenvalue weighted by molar-refractivity contribution is 5.87. The van der Waals surface area contributed by atoms with Crippen LogP contribution in [-0.2, 0) is 0 Å². The van der Waals surface area contributed by atoms with Gasteiger partial charge in [-0.25, -0.2) is 9.59 Å². The van der Waals surface area contributed by atoms with Crippen molar-refractivity contribution in [2.24, 2.45) is 0 Å². The Morgan fingerprint density at radius 3 is 2.73 bits per heavy atom. The molecule has 1 heterocycles. The summed E-state index contributed by atoms with van der Waals surface area (Å²) in [5, 5.41) is 8.44. The number of carbonyl (C=O) groups is 1. The van der Waals surface area contributed by atoms with Crippen molar-refractivity contribution in [3.8, 4) is 0 Å². The minimum atomic E-state index is -1.10. The van der Waals surface area contributed by atoms with Crippen molar-refractivity contribution in [3.63, 3.8) is 0 Å². The van der Waals surface area contributed by atoms with Gasteiger partial charge in [-0.05, 0) is 13.0 Å². The fraction of sp³-hybridized carbons (Fsp3) is 0.143. The molecule has 1 rings (SSSR count). The summed E-state index contributed by atoms with van der Waals surface area (Å²) in [6.45, 7) is 1.50. The van der Waals surface area contributed by atoms with Gasteiger partial charge in [-0.2, -0.15) is 0 Å². The van der Waals surface area contributed by atoms with Gasteiger partial charge in [0.1, 0.15) is 6.26 Å². The number of aryl methyl sites for hydroxylation is 1. The number of carboxylic acid groups (broad SMARTS) is 1. The first-order valence-corrected chi connectivity index (χ1v) is 2.94. The molecule has 11 heavy (non-hydrogen) atoms.